The van der Waals surface area contributed by atoms with E-state index in [2.05, 4.69) is 9.88 Å². The lowest BCUT2D eigenvalue weighted by Crippen LogP contribution is -2.22. The predicted molar refractivity (Wildman–Crippen MR) is 74.8 cm³/mol. The average Bonchev–Trinajstić information content (AvgIpc) is 3.06. The first-order chi connectivity index (χ1) is 9.97. The van der Waals surface area contributed by atoms with E-state index < -0.39 is 11.7 Å². The Labute approximate surface area is 121 Å². The van der Waals surface area contributed by atoms with Gasteiger partial charge < -0.3 is 4.90 Å². The molecule has 0 amide bonds. The molecular formula is C15H16F3N3. The SMILES string of the molecule is Cc1cnc(N2CCCC2)n1-c1cccc(C(F)(F)F)c1. The number of imidazole rings is 1. The smallest absolute Gasteiger partial charge is 0.342 e. The molecule has 0 unspecified atom stereocenters. The summed E-state index contributed by atoms with van der Waals surface area (Å²) in [7, 11) is 0. The van der Waals surface area contributed by atoms with Crippen LogP contribution in [0.15, 0.2) is 30.5 Å². The highest BCUT2D eigenvalue weighted by molar-refractivity contribution is 5.48. The van der Waals surface area contributed by atoms with Crippen molar-refractivity contribution in [3.63, 3.8) is 0 Å². The number of halogens is 3. The largest absolute Gasteiger partial charge is 0.416 e. The molecule has 2 aromatic rings. The molecule has 1 aliphatic heterocycles. The summed E-state index contributed by atoms with van der Waals surface area (Å²) in [5.41, 5.74) is 0.693. The first kappa shape index (κ1) is 14.0. The number of aryl methyl sites for hydroxylation is 1. The van der Waals surface area contributed by atoms with Gasteiger partial charge in [-0.25, -0.2) is 4.98 Å². The van der Waals surface area contributed by atoms with Crippen molar-refractivity contribution >= 4 is 5.95 Å². The lowest BCUT2D eigenvalue weighted by Gasteiger charge is -2.20. The summed E-state index contributed by atoms with van der Waals surface area (Å²) >= 11 is 0. The zero-order valence-electron chi connectivity index (χ0n) is 11.7. The van der Waals surface area contributed by atoms with Crippen LogP contribution in [0.2, 0.25) is 0 Å². The Hall–Kier alpha value is -1.98. The van der Waals surface area contributed by atoms with Gasteiger partial charge >= 0.3 is 6.18 Å². The quantitative estimate of drug-likeness (QED) is 0.840. The van der Waals surface area contributed by atoms with Crippen molar-refractivity contribution in [2.24, 2.45) is 0 Å². The molecule has 0 spiro atoms. The highest BCUT2D eigenvalue weighted by Crippen LogP contribution is 2.32. The Balaban J connectivity index is 2.06. The minimum Gasteiger partial charge on any atom is -0.342 e. The van der Waals surface area contributed by atoms with Crippen LogP contribution in [0.5, 0.6) is 0 Å². The van der Waals surface area contributed by atoms with E-state index >= 15 is 0 Å². The van der Waals surface area contributed by atoms with Gasteiger partial charge in [0.1, 0.15) is 0 Å². The van der Waals surface area contributed by atoms with Crippen LogP contribution in [-0.2, 0) is 6.18 Å². The van der Waals surface area contributed by atoms with Crippen LogP contribution in [0.25, 0.3) is 5.69 Å². The third-order valence-electron chi connectivity index (χ3n) is 3.74. The van der Waals surface area contributed by atoms with Gasteiger partial charge in [0.15, 0.2) is 0 Å². The van der Waals surface area contributed by atoms with E-state index in [1.807, 2.05) is 6.92 Å². The molecule has 1 fully saturated rings. The van der Waals surface area contributed by atoms with Crippen LogP contribution < -0.4 is 4.90 Å². The molecule has 21 heavy (non-hydrogen) atoms. The Bertz CT molecular complexity index is 640. The molecule has 0 radical (unpaired) electrons. The molecule has 2 heterocycles. The van der Waals surface area contributed by atoms with Crippen molar-refractivity contribution in [2.45, 2.75) is 25.9 Å². The molecule has 0 bridgehead atoms. The van der Waals surface area contributed by atoms with Crippen molar-refractivity contribution in [1.29, 1.82) is 0 Å². The van der Waals surface area contributed by atoms with Gasteiger partial charge in [-0.1, -0.05) is 6.07 Å². The van der Waals surface area contributed by atoms with E-state index in [1.54, 1.807) is 16.8 Å². The first-order valence-corrected chi connectivity index (χ1v) is 6.94. The number of hydrogen-bond donors (Lipinski definition) is 0. The van der Waals surface area contributed by atoms with E-state index in [9.17, 15) is 13.2 Å². The van der Waals surface area contributed by atoms with Crippen molar-refractivity contribution in [3.8, 4) is 5.69 Å². The fraction of sp³-hybridized carbons (Fsp3) is 0.400. The third-order valence-corrected chi connectivity index (χ3v) is 3.74. The van der Waals surface area contributed by atoms with Crippen LogP contribution in [0.3, 0.4) is 0 Å². The van der Waals surface area contributed by atoms with Crippen LogP contribution in [0.1, 0.15) is 24.1 Å². The maximum Gasteiger partial charge on any atom is 0.416 e. The van der Waals surface area contributed by atoms with E-state index in [4.69, 9.17) is 0 Å². The van der Waals surface area contributed by atoms with Gasteiger partial charge in [-0.2, -0.15) is 13.2 Å². The standard InChI is InChI=1S/C15H16F3N3/c1-11-10-19-14(20-7-2-3-8-20)21(11)13-6-4-5-12(9-13)15(16,17)18/h4-6,9-10H,2-3,7-8H2,1H3. The van der Waals surface area contributed by atoms with Gasteiger partial charge in [-0.15, -0.1) is 0 Å². The van der Waals surface area contributed by atoms with Crippen LogP contribution in [0, 0.1) is 6.92 Å². The molecular weight excluding hydrogens is 279 g/mol. The molecule has 1 saturated heterocycles. The van der Waals surface area contributed by atoms with Gasteiger partial charge in [0, 0.05) is 24.5 Å². The van der Waals surface area contributed by atoms with Crippen LogP contribution >= 0.6 is 0 Å². The van der Waals surface area contributed by atoms with Gasteiger partial charge in [0.05, 0.1) is 11.8 Å². The molecule has 112 valence electrons. The summed E-state index contributed by atoms with van der Waals surface area (Å²) < 4.78 is 40.4. The monoisotopic (exact) mass is 295 g/mol. The van der Waals surface area contributed by atoms with Crippen molar-refractivity contribution < 1.29 is 13.2 Å². The maximum atomic E-state index is 12.9. The minimum atomic E-state index is -4.34. The van der Waals surface area contributed by atoms with E-state index in [-0.39, 0.29) is 0 Å². The van der Waals surface area contributed by atoms with Gasteiger partial charge in [-0.3, -0.25) is 4.57 Å². The zero-order chi connectivity index (χ0) is 15.0. The zero-order valence-corrected chi connectivity index (χ0v) is 11.7. The molecule has 0 atom stereocenters. The van der Waals surface area contributed by atoms with E-state index in [0.29, 0.717) is 5.69 Å². The normalized spacial score (nSPS) is 15.7. The summed E-state index contributed by atoms with van der Waals surface area (Å²) in [4.78, 5) is 6.49. The average molecular weight is 295 g/mol. The van der Waals surface area contributed by atoms with Crippen molar-refractivity contribution in [1.82, 2.24) is 9.55 Å². The van der Waals surface area contributed by atoms with Crippen LogP contribution in [0.4, 0.5) is 19.1 Å². The Morgan fingerprint density at radius 2 is 1.86 bits per heavy atom. The van der Waals surface area contributed by atoms with Gasteiger partial charge in [0.25, 0.3) is 0 Å². The number of hydrogen-bond acceptors (Lipinski definition) is 2. The van der Waals surface area contributed by atoms with Crippen molar-refractivity contribution in [2.75, 3.05) is 18.0 Å². The second-order valence-corrected chi connectivity index (χ2v) is 5.28. The van der Waals surface area contributed by atoms with E-state index in [1.165, 1.54) is 12.1 Å². The fourth-order valence-corrected chi connectivity index (χ4v) is 2.70. The predicted octanol–water partition coefficient (Wildman–Crippen LogP) is 3.80. The molecule has 6 heteroatoms. The highest BCUT2D eigenvalue weighted by Gasteiger charge is 2.31. The highest BCUT2D eigenvalue weighted by atomic mass is 19.4. The Morgan fingerprint density at radius 3 is 2.52 bits per heavy atom. The summed E-state index contributed by atoms with van der Waals surface area (Å²) in [6, 6.07) is 5.38. The molecule has 0 aliphatic carbocycles. The number of nitrogens with zero attached hydrogens (tertiary/aromatic N) is 3. The number of alkyl halides is 3. The minimum absolute atomic E-state index is 0.502. The molecule has 0 saturated carbocycles. The van der Waals surface area contributed by atoms with Crippen LogP contribution in [-0.4, -0.2) is 22.6 Å². The summed E-state index contributed by atoms with van der Waals surface area (Å²) in [5.74, 6) is 0.726. The molecule has 1 aromatic heterocycles. The summed E-state index contributed by atoms with van der Waals surface area (Å²) in [5, 5.41) is 0. The molecule has 1 aromatic carbocycles. The fourth-order valence-electron chi connectivity index (χ4n) is 2.70. The topological polar surface area (TPSA) is 21.1 Å². The van der Waals surface area contributed by atoms with Gasteiger partial charge in [0.2, 0.25) is 5.95 Å². The lowest BCUT2D eigenvalue weighted by molar-refractivity contribution is -0.137. The Morgan fingerprint density at radius 1 is 1.14 bits per heavy atom. The number of rotatable bonds is 2. The molecule has 3 rings (SSSR count). The Kier molecular flexibility index (Phi) is 3.39. The molecule has 1 aliphatic rings. The lowest BCUT2D eigenvalue weighted by atomic mass is 10.2. The van der Waals surface area contributed by atoms with Crippen molar-refractivity contribution in [3.05, 3.63) is 41.7 Å². The summed E-state index contributed by atoms with van der Waals surface area (Å²) in [6.07, 6.45) is -0.449. The number of anilines is 1. The third kappa shape index (κ3) is 2.62. The first-order valence-electron chi connectivity index (χ1n) is 6.94. The number of aromatic nitrogens is 2. The second-order valence-electron chi connectivity index (χ2n) is 5.28. The number of benzene rings is 1. The van der Waals surface area contributed by atoms with E-state index in [0.717, 1.165) is 43.6 Å². The second kappa shape index (κ2) is 5.09. The summed E-state index contributed by atoms with van der Waals surface area (Å²) in [6.45, 7) is 3.65. The van der Waals surface area contributed by atoms with Gasteiger partial charge in [-0.05, 0) is 38.0 Å². The maximum absolute atomic E-state index is 12.9. The molecule has 0 N–H and O–H groups in total. The molecule has 3 nitrogen and oxygen atoms in total.